The second-order valence-electron chi connectivity index (χ2n) is 22.4. The fraction of sp³-hybridized carbons (Fsp3) is 0.323. The molecule has 29 heteroatoms. The van der Waals surface area contributed by atoms with Crippen molar-refractivity contribution < 1.29 is 53.6 Å². The average Bonchev–Trinajstić information content (AvgIpc) is 1.69. The number of rotatable bonds is 10. The number of benzene rings is 2. The lowest BCUT2D eigenvalue weighted by Gasteiger charge is -2.29. The number of methoxy groups -OCH3 is 1. The molecule has 2 fully saturated rings. The zero-order chi connectivity index (χ0) is 63.8. The number of amides is 5. The van der Waals surface area contributed by atoms with E-state index in [2.05, 4.69) is 16.0 Å². The van der Waals surface area contributed by atoms with Crippen molar-refractivity contribution in [3.63, 3.8) is 0 Å². The van der Waals surface area contributed by atoms with Crippen LogP contribution in [0.2, 0.25) is 0 Å². The normalized spacial score (nSPS) is 21.7. The van der Waals surface area contributed by atoms with E-state index in [9.17, 15) is 44.1 Å². The van der Waals surface area contributed by atoms with Gasteiger partial charge in [-0.05, 0) is 68.0 Å². The Morgan fingerprint density at radius 3 is 2.11 bits per heavy atom. The van der Waals surface area contributed by atoms with Crippen molar-refractivity contribution in [2.75, 3.05) is 13.7 Å². The van der Waals surface area contributed by atoms with E-state index >= 15 is 4.79 Å². The molecular weight excluding hydrogens is 1280 g/mol. The molecule has 1 aliphatic carbocycles. The highest BCUT2D eigenvalue weighted by molar-refractivity contribution is 7.15. The van der Waals surface area contributed by atoms with Crippen LogP contribution in [0.4, 0.5) is 0 Å². The number of thiazole rings is 6. The number of hydrogen-bond acceptors (Lipinski definition) is 24. The monoisotopic (exact) mass is 1340 g/mol. The first-order valence-electron chi connectivity index (χ1n) is 28.9. The number of aliphatic hydroxyl groups is 2. The van der Waals surface area contributed by atoms with E-state index in [0.717, 1.165) is 34.0 Å². The molecule has 9 heterocycles. The van der Waals surface area contributed by atoms with Gasteiger partial charge < -0.3 is 46.6 Å². The average molecular weight is 1340 g/mol. The van der Waals surface area contributed by atoms with Gasteiger partial charge in [-0.2, -0.15) is 0 Å². The fourth-order valence-corrected chi connectivity index (χ4v) is 16.8. The van der Waals surface area contributed by atoms with Gasteiger partial charge >= 0.3 is 5.97 Å². The molecule has 23 nitrogen and oxygen atoms in total. The minimum atomic E-state index is -1.30. The van der Waals surface area contributed by atoms with Crippen molar-refractivity contribution in [1.29, 1.82) is 0 Å². The number of carbonyl (C=O) groups excluding carboxylic acids is 7. The van der Waals surface area contributed by atoms with Crippen molar-refractivity contribution in [2.45, 2.75) is 101 Å². The summed E-state index contributed by atoms with van der Waals surface area (Å²) in [5, 5.41) is 53.2. The third kappa shape index (κ3) is 13.5. The molecule has 2 aliphatic heterocycles. The highest BCUT2D eigenvalue weighted by atomic mass is 32.1. The second kappa shape index (κ2) is 26.8. The van der Waals surface area contributed by atoms with E-state index < -0.39 is 71.6 Å². The van der Waals surface area contributed by atoms with Gasteiger partial charge in [-0.3, -0.25) is 33.6 Å². The van der Waals surface area contributed by atoms with E-state index in [1.807, 2.05) is 12.3 Å². The molecule has 0 radical (unpaired) electrons. The molecule has 10 bridgehead atoms. The Kier molecular flexibility index (Phi) is 18.5. The van der Waals surface area contributed by atoms with Crippen LogP contribution in [0, 0.1) is 18.8 Å². The van der Waals surface area contributed by atoms with Crippen LogP contribution in [-0.4, -0.2) is 128 Å². The number of nitrogens with one attached hydrogen (secondary N) is 3. The number of aryl methyl sites for hydroxylation is 1. The first-order chi connectivity index (χ1) is 43.8. The van der Waals surface area contributed by atoms with Gasteiger partial charge in [0.05, 0.1) is 54.4 Å². The number of primary amides is 1. The number of carbonyl (C=O) groups is 7. The third-order valence-electron chi connectivity index (χ3n) is 16.3. The summed E-state index contributed by atoms with van der Waals surface area (Å²) < 4.78 is 4.93. The largest absolute Gasteiger partial charge is 0.508 e. The molecule has 468 valence electrons. The van der Waals surface area contributed by atoms with Gasteiger partial charge in [0.25, 0.3) is 17.7 Å². The number of ether oxygens (including phenoxy) is 1. The number of aromatic hydroxyl groups is 1. The minimum Gasteiger partial charge on any atom is -0.508 e. The summed E-state index contributed by atoms with van der Waals surface area (Å²) in [4.78, 5) is 133. The number of pyridine rings is 1. The SMILES string of the molecule is COC(=O)C1CCC(NC(=O)c2csc(-c3ccc4c(n3)-c3csc(n3)-c3csc(n3)[C@@H]3[C@@H](C)[C@@H](O)CN3C(=O)[C@H](Cc3ccc(O)cc3)NC(=O)c3csc(n3)[C@@H]([C@H](O)c3ccccc3)CC(=O)c3nc(sc3C)[C@H](CC(N)=O)NC(=O)c3csc-4n3)n2)CC1. The number of fused-ring (bicyclic) bond motifs is 16. The molecule has 7 atom stereocenters. The molecule has 5 amide bonds. The number of nitrogens with two attached hydrogens (primary N) is 1. The van der Waals surface area contributed by atoms with Gasteiger partial charge in [-0.25, -0.2) is 34.9 Å². The molecule has 12 rings (SSSR count). The quantitative estimate of drug-likeness (QED) is 0.0630. The van der Waals surface area contributed by atoms with E-state index in [1.165, 1.54) is 63.5 Å². The predicted molar refractivity (Wildman–Crippen MR) is 343 cm³/mol. The maximum atomic E-state index is 15.2. The Morgan fingerprint density at radius 1 is 0.714 bits per heavy atom. The van der Waals surface area contributed by atoms with Crippen molar-refractivity contribution in [3.8, 4) is 49.1 Å². The molecule has 91 heavy (non-hydrogen) atoms. The van der Waals surface area contributed by atoms with Crippen molar-refractivity contribution in [2.24, 2.45) is 17.6 Å². The number of phenols is 1. The van der Waals surface area contributed by atoms with Crippen molar-refractivity contribution >= 4 is 109 Å². The lowest BCUT2D eigenvalue weighted by atomic mass is 9.86. The molecule has 1 saturated heterocycles. The van der Waals surface area contributed by atoms with Crippen LogP contribution in [-0.2, 0) is 25.5 Å². The van der Waals surface area contributed by atoms with Gasteiger partial charge in [0.1, 0.15) is 76.7 Å². The van der Waals surface area contributed by atoms with E-state index in [0.29, 0.717) is 90.1 Å². The first-order valence-corrected chi connectivity index (χ1v) is 34.2. The summed E-state index contributed by atoms with van der Waals surface area (Å²) in [6.45, 7) is 3.41. The Hall–Kier alpha value is -8.42. The number of Topliss-reactive ketones (excluding diaryl/α,β-unsaturated/α-hetero) is 1. The highest BCUT2D eigenvalue weighted by Crippen LogP contribution is 2.44. The molecule has 0 unspecified atom stereocenters. The molecular formula is C62H58N12O11S6. The molecule has 0 spiro atoms. The second-order valence-corrected chi connectivity index (χ2v) is 28.0. The molecule has 8 N–H and O–H groups in total. The highest BCUT2D eigenvalue weighted by Gasteiger charge is 2.46. The van der Waals surface area contributed by atoms with Gasteiger partial charge in [-0.15, -0.1) is 68.0 Å². The molecule has 1 saturated carbocycles. The summed E-state index contributed by atoms with van der Waals surface area (Å²) in [7, 11) is 1.37. The van der Waals surface area contributed by atoms with E-state index in [-0.39, 0.29) is 88.2 Å². The number of nitrogens with zero attached hydrogens (tertiary/aromatic N) is 8. The molecule has 2 aromatic carbocycles. The van der Waals surface area contributed by atoms with E-state index in [1.54, 1.807) is 77.7 Å². The maximum absolute atomic E-state index is 15.2. The van der Waals surface area contributed by atoms with Crippen LogP contribution in [0.1, 0.15) is 143 Å². The zero-order valence-electron chi connectivity index (χ0n) is 48.8. The summed E-state index contributed by atoms with van der Waals surface area (Å²) in [6.07, 6.45) is -0.626. The van der Waals surface area contributed by atoms with Crippen LogP contribution in [0.15, 0.2) is 93.6 Å². The van der Waals surface area contributed by atoms with Crippen LogP contribution < -0.4 is 21.7 Å². The van der Waals surface area contributed by atoms with Crippen LogP contribution in [0.5, 0.6) is 5.75 Å². The number of aliphatic hydroxyl groups excluding tert-OH is 2. The molecule has 3 aliphatic rings. The summed E-state index contributed by atoms with van der Waals surface area (Å²) in [5.41, 5.74) is 9.09. The Morgan fingerprint density at radius 2 is 1.36 bits per heavy atom. The van der Waals surface area contributed by atoms with Crippen LogP contribution >= 0.6 is 68.0 Å². The number of hydrogen-bond donors (Lipinski definition) is 7. The smallest absolute Gasteiger partial charge is 0.308 e. The first kappa shape index (κ1) is 62.8. The number of esters is 1. The lowest BCUT2D eigenvalue weighted by Crippen LogP contribution is -2.50. The summed E-state index contributed by atoms with van der Waals surface area (Å²) in [6, 6.07) is 15.2. The Bertz CT molecular complexity index is 4230. The number of ketones is 1. The summed E-state index contributed by atoms with van der Waals surface area (Å²) >= 11 is 7.06. The van der Waals surface area contributed by atoms with Crippen LogP contribution in [0.3, 0.4) is 0 Å². The Labute approximate surface area is 543 Å². The van der Waals surface area contributed by atoms with Crippen molar-refractivity contribution in [1.82, 2.24) is 55.7 Å². The van der Waals surface area contributed by atoms with Crippen LogP contribution in [0.25, 0.3) is 43.4 Å². The topological polar surface area (TPSA) is 345 Å². The maximum Gasteiger partial charge on any atom is 0.308 e. The standard InChI is InChI=1S/C62H58N12O11S6/c1-28-46(77)22-74-50(28)60-72-44(27-90-60)58-68-40(23-88-58)49-35(17-18-37(65-49)57-71-41(26-89-57)52(80)64-33-13-11-32(12-14-33)62(84)85-3)55-69-42(24-86-55)53(81)66-38(21-47(63)78)59-73-48(29(2)91-59)45(76)20-36(51(79)31-7-5-4-6-8-31)56-70-43(25-87-56)54(82)67-39(61(74)83)19-30-9-15-34(75)16-10-30/h4-10,15-18,23-28,32-33,36,38-39,46,50-51,75,77,79H,11-14,19-22H2,1-3H3,(H2,63,78)(H,64,80)(H,66,81)(H,67,82)/t28-,32?,33?,36+,38-,39-,46-,50-,51+/m0/s1. The number of aromatic nitrogens is 7. The van der Waals surface area contributed by atoms with Gasteiger partial charge in [0, 0.05) is 74.6 Å². The molecule has 7 aromatic heterocycles. The minimum absolute atomic E-state index is 0.000467. The third-order valence-corrected chi connectivity index (χ3v) is 21.9. The van der Waals surface area contributed by atoms with Gasteiger partial charge in [0.2, 0.25) is 11.8 Å². The predicted octanol–water partition coefficient (Wildman–Crippen LogP) is 8.64. The van der Waals surface area contributed by atoms with Crippen molar-refractivity contribution in [3.05, 3.63) is 147 Å². The van der Waals surface area contributed by atoms with Gasteiger partial charge in [0.15, 0.2) is 5.78 Å². The zero-order valence-corrected chi connectivity index (χ0v) is 53.7. The fourth-order valence-electron chi connectivity index (χ4n) is 11.5. The van der Waals surface area contributed by atoms with E-state index in [4.69, 9.17) is 45.4 Å². The Balaban J connectivity index is 0.925. The van der Waals surface area contributed by atoms with Gasteiger partial charge in [-0.1, -0.05) is 49.4 Å². The molecule has 9 aromatic rings. The summed E-state index contributed by atoms with van der Waals surface area (Å²) in [5.74, 6) is -5.54. The number of phenolic OH excluding ortho intramolecular Hbond substituents is 1. The lowest BCUT2D eigenvalue weighted by molar-refractivity contribution is -0.146.